The number of fused-ring (bicyclic) bond motifs is 1. The number of nitrogens with one attached hydrogen (secondary N) is 1. The van der Waals surface area contributed by atoms with E-state index in [1.807, 2.05) is 11.3 Å². The van der Waals surface area contributed by atoms with Crippen LogP contribution < -0.4 is 5.32 Å². The van der Waals surface area contributed by atoms with Crippen LogP contribution in [0, 0.1) is 12.8 Å². The van der Waals surface area contributed by atoms with Gasteiger partial charge in [0.05, 0.1) is 11.4 Å². The fourth-order valence-electron chi connectivity index (χ4n) is 2.49. The summed E-state index contributed by atoms with van der Waals surface area (Å²) >= 11 is 3.51. The van der Waals surface area contributed by atoms with Crippen molar-refractivity contribution >= 4 is 27.6 Å². The predicted octanol–water partition coefficient (Wildman–Crippen LogP) is 4.25. The highest BCUT2D eigenvalue weighted by molar-refractivity contribution is 7.15. The maximum absolute atomic E-state index is 4.60. The van der Waals surface area contributed by atoms with Crippen LogP contribution in [-0.4, -0.2) is 9.38 Å². The van der Waals surface area contributed by atoms with Gasteiger partial charge in [0.1, 0.15) is 0 Å². The Kier molecular flexibility index (Phi) is 3.92. The number of imidazole rings is 1. The first-order valence-electron chi connectivity index (χ1n) is 6.84. The van der Waals surface area contributed by atoms with E-state index in [0.29, 0.717) is 12.0 Å². The van der Waals surface area contributed by atoms with Crippen molar-refractivity contribution in [2.45, 2.75) is 33.4 Å². The van der Waals surface area contributed by atoms with Crippen molar-refractivity contribution in [3.8, 4) is 0 Å². The van der Waals surface area contributed by atoms with Gasteiger partial charge >= 0.3 is 0 Å². The molecule has 0 fully saturated rings. The lowest BCUT2D eigenvalue weighted by molar-refractivity contribution is 0.413. The van der Waals surface area contributed by atoms with Gasteiger partial charge in [0, 0.05) is 29.0 Å². The maximum Gasteiger partial charge on any atom is 0.194 e. The van der Waals surface area contributed by atoms with E-state index in [2.05, 4.69) is 64.6 Å². The molecule has 0 radical (unpaired) electrons. The number of aryl methyl sites for hydroxylation is 1. The first kappa shape index (κ1) is 13.8. The molecule has 0 saturated heterocycles. The zero-order chi connectivity index (χ0) is 14.1. The van der Waals surface area contributed by atoms with Crippen LogP contribution in [0.3, 0.4) is 0 Å². The second kappa shape index (κ2) is 5.68. The van der Waals surface area contributed by atoms with Crippen LogP contribution in [0.5, 0.6) is 0 Å². The van der Waals surface area contributed by atoms with Gasteiger partial charge in [-0.1, -0.05) is 19.9 Å². The van der Waals surface area contributed by atoms with Crippen LogP contribution in [0.25, 0.3) is 4.96 Å². The summed E-state index contributed by atoms with van der Waals surface area (Å²) in [6.07, 6.45) is 2.10. The van der Waals surface area contributed by atoms with Crippen molar-refractivity contribution in [1.29, 1.82) is 0 Å². The SMILES string of the molecule is Cc1nc2sccn2c1CNC(c1cccs1)C(C)C. The van der Waals surface area contributed by atoms with E-state index in [-0.39, 0.29) is 0 Å². The molecule has 0 amide bonds. The second-order valence-corrected chi connectivity index (χ2v) is 7.17. The summed E-state index contributed by atoms with van der Waals surface area (Å²) in [7, 11) is 0. The third kappa shape index (κ3) is 2.53. The average molecular weight is 305 g/mol. The van der Waals surface area contributed by atoms with E-state index in [1.54, 1.807) is 11.3 Å². The minimum atomic E-state index is 0.401. The van der Waals surface area contributed by atoms with Gasteiger partial charge in [-0.25, -0.2) is 4.98 Å². The molecule has 106 valence electrons. The molecule has 0 saturated carbocycles. The first-order valence-corrected chi connectivity index (χ1v) is 8.60. The predicted molar refractivity (Wildman–Crippen MR) is 86.5 cm³/mol. The van der Waals surface area contributed by atoms with Gasteiger partial charge in [0.2, 0.25) is 0 Å². The van der Waals surface area contributed by atoms with E-state index < -0.39 is 0 Å². The van der Waals surface area contributed by atoms with E-state index in [9.17, 15) is 0 Å². The first-order chi connectivity index (χ1) is 9.66. The summed E-state index contributed by atoms with van der Waals surface area (Å²) in [6, 6.07) is 4.74. The highest BCUT2D eigenvalue weighted by Gasteiger charge is 2.18. The Labute approximate surface area is 127 Å². The van der Waals surface area contributed by atoms with Crippen molar-refractivity contribution in [2.75, 3.05) is 0 Å². The second-order valence-electron chi connectivity index (χ2n) is 5.32. The van der Waals surface area contributed by atoms with E-state index in [4.69, 9.17) is 0 Å². The molecule has 0 aliphatic heterocycles. The Morgan fingerprint density at radius 1 is 1.30 bits per heavy atom. The van der Waals surface area contributed by atoms with E-state index in [0.717, 1.165) is 17.2 Å². The highest BCUT2D eigenvalue weighted by Crippen LogP contribution is 2.26. The van der Waals surface area contributed by atoms with E-state index >= 15 is 0 Å². The van der Waals surface area contributed by atoms with Gasteiger partial charge in [-0.2, -0.15) is 0 Å². The van der Waals surface area contributed by atoms with Crippen LogP contribution in [0.1, 0.15) is 36.2 Å². The zero-order valence-corrected chi connectivity index (χ0v) is 13.6. The molecule has 3 nitrogen and oxygen atoms in total. The highest BCUT2D eigenvalue weighted by atomic mass is 32.1. The van der Waals surface area contributed by atoms with E-state index in [1.165, 1.54) is 10.6 Å². The van der Waals surface area contributed by atoms with Crippen molar-refractivity contribution < 1.29 is 0 Å². The number of thiophene rings is 1. The van der Waals surface area contributed by atoms with Gasteiger partial charge in [-0.15, -0.1) is 22.7 Å². The van der Waals surface area contributed by atoms with Gasteiger partial charge < -0.3 is 5.32 Å². The molecule has 20 heavy (non-hydrogen) atoms. The standard InChI is InChI=1S/C15H19N3S2/c1-10(2)14(13-5-4-7-19-13)16-9-12-11(3)17-15-18(12)6-8-20-15/h4-8,10,14,16H,9H2,1-3H3. The smallest absolute Gasteiger partial charge is 0.194 e. The number of hydrogen-bond acceptors (Lipinski definition) is 4. The third-order valence-electron chi connectivity index (χ3n) is 3.57. The Morgan fingerprint density at radius 2 is 2.15 bits per heavy atom. The minimum Gasteiger partial charge on any atom is -0.303 e. The quantitative estimate of drug-likeness (QED) is 0.763. The van der Waals surface area contributed by atoms with Gasteiger partial charge in [-0.05, 0) is 24.3 Å². The summed E-state index contributed by atoms with van der Waals surface area (Å²) < 4.78 is 2.19. The topological polar surface area (TPSA) is 29.3 Å². The van der Waals surface area contributed by atoms with Crippen molar-refractivity contribution in [1.82, 2.24) is 14.7 Å². The Bertz CT molecular complexity index is 679. The van der Waals surface area contributed by atoms with Crippen molar-refractivity contribution in [3.05, 3.63) is 45.4 Å². The molecular formula is C15H19N3S2. The summed E-state index contributed by atoms with van der Waals surface area (Å²) in [6.45, 7) is 7.47. The summed E-state index contributed by atoms with van der Waals surface area (Å²) in [5.74, 6) is 0.569. The minimum absolute atomic E-state index is 0.401. The number of rotatable bonds is 5. The van der Waals surface area contributed by atoms with Crippen LogP contribution in [0.15, 0.2) is 29.1 Å². The number of hydrogen-bond donors (Lipinski definition) is 1. The fourth-order valence-corrected chi connectivity index (χ4v) is 4.25. The molecular weight excluding hydrogens is 286 g/mol. The monoisotopic (exact) mass is 305 g/mol. The molecule has 3 rings (SSSR count). The molecule has 3 aromatic heterocycles. The molecule has 0 aromatic carbocycles. The van der Waals surface area contributed by atoms with Crippen LogP contribution in [0.2, 0.25) is 0 Å². The molecule has 1 atom stereocenters. The molecule has 0 bridgehead atoms. The lowest BCUT2D eigenvalue weighted by atomic mass is 10.0. The van der Waals surface area contributed by atoms with Gasteiger partial charge in [-0.3, -0.25) is 4.40 Å². The van der Waals surface area contributed by atoms with Crippen molar-refractivity contribution in [2.24, 2.45) is 5.92 Å². The molecule has 5 heteroatoms. The van der Waals surface area contributed by atoms with Crippen LogP contribution in [-0.2, 0) is 6.54 Å². The Hall–Kier alpha value is -1.17. The number of nitrogens with zero attached hydrogens (tertiary/aromatic N) is 2. The van der Waals surface area contributed by atoms with Crippen LogP contribution >= 0.6 is 22.7 Å². The fraction of sp³-hybridized carbons (Fsp3) is 0.400. The van der Waals surface area contributed by atoms with Crippen molar-refractivity contribution in [3.63, 3.8) is 0 Å². The third-order valence-corrected chi connectivity index (χ3v) is 5.28. The number of thiazole rings is 1. The normalized spacial score (nSPS) is 13.4. The zero-order valence-electron chi connectivity index (χ0n) is 12.0. The maximum atomic E-state index is 4.60. The van der Waals surface area contributed by atoms with Crippen LogP contribution in [0.4, 0.5) is 0 Å². The Morgan fingerprint density at radius 3 is 2.85 bits per heavy atom. The molecule has 1 unspecified atom stereocenters. The Balaban J connectivity index is 1.80. The lowest BCUT2D eigenvalue weighted by Gasteiger charge is -2.21. The van der Waals surface area contributed by atoms with Gasteiger partial charge in [0.25, 0.3) is 0 Å². The lowest BCUT2D eigenvalue weighted by Crippen LogP contribution is -2.25. The summed E-state index contributed by atoms with van der Waals surface area (Å²) in [4.78, 5) is 7.09. The molecule has 0 spiro atoms. The number of aromatic nitrogens is 2. The molecule has 3 heterocycles. The summed E-state index contributed by atoms with van der Waals surface area (Å²) in [5, 5.41) is 7.94. The molecule has 3 aromatic rings. The largest absolute Gasteiger partial charge is 0.303 e. The average Bonchev–Trinajstić information content (AvgIpc) is 3.08. The molecule has 0 aliphatic rings. The molecule has 1 N–H and O–H groups in total. The molecule has 0 aliphatic carbocycles. The van der Waals surface area contributed by atoms with Gasteiger partial charge in [0.15, 0.2) is 4.96 Å². The summed E-state index contributed by atoms with van der Waals surface area (Å²) in [5.41, 5.74) is 2.39.